The summed E-state index contributed by atoms with van der Waals surface area (Å²) in [5.41, 5.74) is 3.62. The van der Waals surface area contributed by atoms with Crippen LogP contribution >= 0.6 is 12.4 Å². The molecular formula is C14H16ClN9O. The van der Waals surface area contributed by atoms with Crippen molar-refractivity contribution in [3.05, 3.63) is 47.2 Å². The Morgan fingerprint density at radius 1 is 1.36 bits per heavy atom. The van der Waals surface area contributed by atoms with Crippen molar-refractivity contribution < 1.29 is 4.79 Å². The monoisotopic (exact) mass is 361 g/mol. The summed E-state index contributed by atoms with van der Waals surface area (Å²) < 4.78 is 1.37. The van der Waals surface area contributed by atoms with Gasteiger partial charge in [-0.25, -0.2) is 0 Å². The Morgan fingerprint density at radius 2 is 2.28 bits per heavy atom. The second-order valence-electron chi connectivity index (χ2n) is 5.45. The van der Waals surface area contributed by atoms with Crippen LogP contribution < -0.4 is 10.6 Å². The number of carbonyl (C=O) groups excluding carboxylic acids is 1. The average Bonchev–Trinajstić information content (AvgIpc) is 3.30. The van der Waals surface area contributed by atoms with Crippen molar-refractivity contribution in [3.8, 4) is 5.82 Å². The zero-order valence-corrected chi connectivity index (χ0v) is 14.0. The lowest BCUT2D eigenvalue weighted by Crippen LogP contribution is -2.26. The van der Waals surface area contributed by atoms with Gasteiger partial charge in [0, 0.05) is 44.0 Å². The van der Waals surface area contributed by atoms with Gasteiger partial charge in [-0.15, -0.1) is 17.5 Å². The molecule has 11 heteroatoms. The maximum absolute atomic E-state index is 12.2. The molecule has 0 spiro atoms. The molecule has 0 aliphatic carbocycles. The number of rotatable bonds is 4. The maximum Gasteiger partial charge on any atom is 0.269 e. The van der Waals surface area contributed by atoms with Gasteiger partial charge in [-0.05, 0) is 27.6 Å². The van der Waals surface area contributed by atoms with Gasteiger partial charge in [0.15, 0.2) is 5.82 Å². The van der Waals surface area contributed by atoms with Gasteiger partial charge in [0.05, 0.1) is 0 Å². The minimum atomic E-state index is -0.252. The molecule has 10 nitrogen and oxygen atoms in total. The predicted molar refractivity (Wildman–Crippen MR) is 89.4 cm³/mol. The van der Waals surface area contributed by atoms with Crippen molar-refractivity contribution in [1.29, 1.82) is 0 Å². The number of hydrogen-bond acceptors (Lipinski definition) is 7. The van der Waals surface area contributed by atoms with Crippen LogP contribution in [-0.2, 0) is 19.5 Å². The fourth-order valence-electron chi connectivity index (χ4n) is 2.58. The molecule has 0 fully saturated rings. The van der Waals surface area contributed by atoms with Crippen molar-refractivity contribution in [2.45, 2.75) is 19.5 Å². The first-order valence-corrected chi connectivity index (χ1v) is 7.54. The van der Waals surface area contributed by atoms with Gasteiger partial charge in [0.1, 0.15) is 12.0 Å². The van der Waals surface area contributed by atoms with Gasteiger partial charge < -0.3 is 10.6 Å². The molecule has 1 amide bonds. The number of amides is 1. The molecule has 0 bridgehead atoms. The number of nitrogens with zero attached hydrogens (tertiary/aromatic N) is 6. The summed E-state index contributed by atoms with van der Waals surface area (Å²) >= 11 is 0. The first kappa shape index (κ1) is 17.0. The first-order valence-electron chi connectivity index (χ1n) is 7.54. The van der Waals surface area contributed by atoms with Gasteiger partial charge in [0.25, 0.3) is 5.91 Å². The minimum Gasteiger partial charge on any atom is -0.347 e. The zero-order valence-electron chi connectivity index (χ0n) is 13.1. The quantitative estimate of drug-likeness (QED) is 0.586. The Morgan fingerprint density at radius 3 is 3.12 bits per heavy atom. The van der Waals surface area contributed by atoms with Crippen molar-refractivity contribution in [3.63, 3.8) is 0 Å². The number of aromatic amines is 1. The molecule has 3 aromatic rings. The first-order chi connectivity index (χ1) is 11.8. The minimum absolute atomic E-state index is 0. The fourth-order valence-corrected chi connectivity index (χ4v) is 2.58. The smallest absolute Gasteiger partial charge is 0.269 e. The molecule has 3 aromatic heterocycles. The van der Waals surface area contributed by atoms with Crippen LogP contribution in [0.5, 0.6) is 0 Å². The molecule has 4 heterocycles. The Balaban J connectivity index is 0.00000182. The number of fused-ring (bicyclic) bond motifs is 1. The molecule has 1 aliphatic heterocycles. The van der Waals surface area contributed by atoms with E-state index in [0.29, 0.717) is 18.1 Å². The summed E-state index contributed by atoms with van der Waals surface area (Å²) in [7, 11) is 0. The molecule has 4 rings (SSSR count). The Bertz CT molecular complexity index is 861. The lowest BCUT2D eigenvalue weighted by molar-refractivity contribution is 0.0946. The lowest BCUT2D eigenvalue weighted by atomic mass is 10.1. The van der Waals surface area contributed by atoms with Crippen LogP contribution in [0.25, 0.3) is 5.82 Å². The van der Waals surface area contributed by atoms with Crippen molar-refractivity contribution in [1.82, 2.24) is 46.0 Å². The zero-order chi connectivity index (χ0) is 16.4. The number of hydrogen-bond donors (Lipinski definition) is 3. The van der Waals surface area contributed by atoms with Gasteiger partial charge in [-0.3, -0.25) is 14.9 Å². The van der Waals surface area contributed by atoms with E-state index in [1.807, 2.05) is 6.20 Å². The summed E-state index contributed by atoms with van der Waals surface area (Å²) in [5.74, 6) is 0.198. The lowest BCUT2D eigenvalue weighted by Gasteiger charge is -2.16. The molecule has 0 saturated heterocycles. The molecule has 0 saturated carbocycles. The molecule has 0 unspecified atom stereocenters. The van der Waals surface area contributed by atoms with Crippen molar-refractivity contribution >= 4 is 18.3 Å². The van der Waals surface area contributed by atoms with E-state index < -0.39 is 0 Å². The summed E-state index contributed by atoms with van der Waals surface area (Å²) in [4.78, 5) is 16.7. The topological polar surface area (TPSA) is 126 Å². The molecule has 0 atom stereocenters. The second kappa shape index (κ2) is 7.36. The van der Waals surface area contributed by atoms with Crippen LogP contribution in [0, 0.1) is 0 Å². The summed E-state index contributed by atoms with van der Waals surface area (Å²) in [5, 5.41) is 23.6. The summed E-state index contributed by atoms with van der Waals surface area (Å²) in [6, 6.07) is 3.66. The van der Waals surface area contributed by atoms with Crippen LogP contribution in [0.4, 0.5) is 0 Å². The third kappa shape index (κ3) is 3.64. The third-order valence-electron chi connectivity index (χ3n) is 3.82. The van der Waals surface area contributed by atoms with Crippen LogP contribution in [0.1, 0.15) is 27.3 Å². The number of pyridine rings is 1. The maximum atomic E-state index is 12.2. The Hall–Kier alpha value is -2.85. The van der Waals surface area contributed by atoms with Crippen LogP contribution in [0.2, 0.25) is 0 Å². The number of aromatic nitrogens is 7. The highest BCUT2D eigenvalue weighted by Crippen LogP contribution is 2.13. The van der Waals surface area contributed by atoms with Crippen LogP contribution in [0.3, 0.4) is 0 Å². The van der Waals surface area contributed by atoms with Gasteiger partial charge >= 0.3 is 0 Å². The molecule has 3 N–H and O–H groups in total. The van der Waals surface area contributed by atoms with E-state index >= 15 is 0 Å². The van der Waals surface area contributed by atoms with E-state index in [0.717, 1.165) is 30.8 Å². The van der Waals surface area contributed by atoms with Gasteiger partial charge in [-0.2, -0.15) is 9.78 Å². The van der Waals surface area contributed by atoms with E-state index in [4.69, 9.17) is 0 Å². The van der Waals surface area contributed by atoms with Gasteiger partial charge in [-0.1, -0.05) is 0 Å². The van der Waals surface area contributed by atoms with E-state index in [9.17, 15) is 4.79 Å². The largest absolute Gasteiger partial charge is 0.347 e. The van der Waals surface area contributed by atoms with E-state index in [1.165, 1.54) is 16.6 Å². The number of carbonyl (C=O) groups is 1. The highest BCUT2D eigenvalue weighted by molar-refractivity contribution is 5.92. The highest BCUT2D eigenvalue weighted by atomic mass is 35.5. The SMILES string of the molecule is Cl.O=C(NCc1cnc2c(c1)CNCC2)c1cc(-n2cnnn2)n[nH]1. The normalized spacial score (nSPS) is 13.0. The van der Waals surface area contributed by atoms with E-state index in [1.54, 1.807) is 6.07 Å². The molecule has 25 heavy (non-hydrogen) atoms. The fraction of sp³-hybridized carbons (Fsp3) is 0.286. The average molecular weight is 362 g/mol. The Kier molecular flexibility index (Phi) is 5.00. The number of halogens is 1. The molecule has 130 valence electrons. The molecule has 1 aliphatic rings. The second-order valence-corrected chi connectivity index (χ2v) is 5.45. The molecule has 0 aromatic carbocycles. The Labute approximate surface area is 148 Å². The van der Waals surface area contributed by atoms with Crippen LogP contribution in [0.15, 0.2) is 24.7 Å². The highest BCUT2D eigenvalue weighted by Gasteiger charge is 2.13. The molecule has 0 radical (unpaired) electrons. The van der Waals surface area contributed by atoms with Gasteiger partial charge in [0.2, 0.25) is 0 Å². The molecular weight excluding hydrogens is 346 g/mol. The standard InChI is InChI=1S/C14H15N9O.ClH/c24-14(12-4-13(20-19-12)23-8-18-21-22-23)17-6-9-3-10-7-15-2-1-11(10)16-5-9;/h3-5,8,15H,1-2,6-7H2,(H,17,24)(H,19,20);1H. The summed E-state index contributed by atoms with van der Waals surface area (Å²) in [6.45, 7) is 2.18. The van der Waals surface area contributed by atoms with E-state index in [2.05, 4.69) is 47.4 Å². The number of H-pyrrole nitrogens is 1. The van der Waals surface area contributed by atoms with Crippen molar-refractivity contribution in [2.75, 3.05) is 6.54 Å². The number of tetrazole rings is 1. The van der Waals surface area contributed by atoms with E-state index in [-0.39, 0.29) is 18.3 Å². The third-order valence-corrected chi connectivity index (χ3v) is 3.82. The summed E-state index contributed by atoms with van der Waals surface area (Å²) in [6.07, 6.45) is 4.16. The predicted octanol–water partition coefficient (Wildman–Crippen LogP) is -0.222. The number of nitrogens with one attached hydrogen (secondary N) is 3. The van der Waals surface area contributed by atoms with Crippen molar-refractivity contribution in [2.24, 2.45) is 0 Å². The van der Waals surface area contributed by atoms with Crippen LogP contribution in [-0.4, -0.2) is 47.8 Å².